The highest BCUT2D eigenvalue weighted by atomic mass is 35.5. The number of para-hydroxylation sites is 1. The molecule has 1 unspecified atom stereocenters. The first-order chi connectivity index (χ1) is 13.5. The van der Waals surface area contributed by atoms with E-state index in [2.05, 4.69) is 15.4 Å². The summed E-state index contributed by atoms with van der Waals surface area (Å²) in [5.74, 6) is -3.68. The van der Waals surface area contributed by atoms with E-state index in [9.17, 15) is 22.4 Å². The second-order valence-electron chi connectivity index (χ2n) is 5.52. The largest absolute Gasteiger partial charge is 0.490 e. The summed E-state index contributed by atoms with van der Waals surface area (Å²) >= 11 is 5.10. The summed E-state index contributed by atoms with van der Waals surface area (Å²) in [5, 5.41) is 14.7. The number of carboxylic acids is 1. The van der Waals surface area contributed by atoms with Crippen LogP contribution in [0.3, 0.4) is 0 Å². The van der Waals surface area contributed by atoms with Crippen LogP contribution >= 0.6 is 11.6 Å². The molecule has 7 nitrogen and oxygen atoms in total. The molecule has 1 atom stereocenters. The second kappa shape index (κ2) is 8.86. The zero-order chi connectivity index (χ0) is 21.8. The Bertz CT molecular complexity index is 1020. The van der Waals surface area contributed by atoms with Crippen LogP contribution in [-0.4, -0.2) is 43.6 Å². The van der Waals surface area contributed by atoms with Crippen molar-refractivity contribution in [3.05, 3.63) is 48.3 Å². The average Bonchev–Trinajstić information content (AvgIpc) is 2.98. The summed E-state index contributed by atoms with van der Waals surface area (Å²) in [5.41, 5.74) is 0.573. The third-order valence-corrected chi connectivity index (χ3v) is 3.61. The van der Waals surface area contributed by atoms with Gasteiger partial charge >= 0.3 is 12.1 Å². The molecule has 0 aliphatic heterocycles. The van der Waals surface area contributed by atoms with Gasteiger partial charge in [-0.3, -0.25) is 4.79 Å². The van der Waals surface area contributed by atoms with Crippen molar-refractivity contribution in [3.63, 3.8) is 0 Å². The van der Waals surface area contributed by atoms with Gasteiger partial charge in [-0.2, -0.15) is 18.3 Å². The number of anilines is 1. The van der Waals surface area contributed by atoms with Gasteiger partial charge in [0, 0.05) is 5.39 Å². The van der Waals surface area contributed by atoms with E-state index in [1.807, 2.05) is 37.3 Å². The number of aryl methyl sites for hydroxylation is 1. The number of carboxylic acid groups (broad SMARTS) is 1. The maximum Gasteiger partial charge on any atom is 0.490 e. The fraction of sp³-hybridized carbons (Fsp3) is 0.176. The lowest BCUT2D eigenvalue weighted by Crippen LogP contribution is -2.21. The predicted molar refractivity (Wildman–Crippen MR) is 96.7 cm³/mol. The molecular formula is C17H13ClF4N4O3. The Kier molecular flexibility index (Phi) is 6.75. The first kappa shape index (κ1) is 22.1. The number of fused-ring (bicyclic) bond motifs is 1. The number of rotatable bonds is 3. The molecular weight excluding hydrogens is 420 g/mol. The van der Waals surface area contributed by atoms with Crippen molar-refractivity contribution in [1.82, 2.24) is 14.8 Å². The van der Waals surface area contributed by atoms with Crippen molar-refractivity contribution in [1.29, 1.82) is 0 Å². The van der Waals surface area contributed by atoms with Crippen LogP contribution in [0, 0.1) is 6.92 Å². The average molecular weight is 433 g/mol. The van der Waals surface area contributed by atoms with Gasteiger partial charge in [0.05, 0.1) is 23.3 Å². The predicted octanol–water partition coefficient (Wildman–Crippen LogP) is 3.84. The summed E-state index contributed by atoms with van der Waals surface area (Å²) in [6, 6.07) is 11.3. The molecule has 2 heterocycles. The number of alkyl halides is 5. The van der Waals surface area contributed by atoms with Crippen LogP contribution in [0.15, 0.2) is 42.6 Å². The number of carbonyl (C=O) groups excluding carboxylic acids is 1. The molecule has 0 spiro atoms. The number of benzene rings is 1. The number of amides is 1. The van der Waals surface area contributed by atoms with E-state index < -0.39 is 23.7 Å². The molecule has 0 bridgehead atoms. The highest BCUT2D eigenvalue weighted by Crippen LogP contribution is 2.23. The van der Waals surface area contributed by atoms with Gasteiger partial charge in [-0.25, -0.2) is 18.9 Å². The smallest absolute Gasteiger partial charge is 0.475 e. The Morgan fingerprint density at radius 1 is 1.24 bits per heavy atom. The van der Waals surface area contributed by atoms with Gasteiger partial charge in [0.1, 0.15) is 0 Å². The van der Waals surface area contributed by atoms with Crippen LogP contribution in [-0.2, 0) is 9.59 Å². The minimum atomic E-state index is -5.08. The van der Waals surface area contributed by atoms with Crippen molar-refractivity contribution in [3.8, 4) is 5.69 Å². The SMILES string of the molecule is Cc1nn(-c2ccccc2)c2ncc(NC(=O)C(F)Cl)cc12.O=C(O)C(F)(F)F. The highest BCUT2D eigenvalue weighted by Gasteiger charge is 2.38. The molecule has 0 saturated heterocycles. The number of nitrogens with one attached hydrogen (secondary N) is 1. The molecule has 12 heteroatoms. The third kappa shape index (κ3) is 5.64. The van der Waals surface area contributed by atoms with Crippen molar-refractivity contribution >= 4 is 40.2 Å². The summed E-state index contributed by atoms with van der Waals surface area (Å²) < 4.78 is 46.2. The van der Waals surface area contributed by atoms with Gasteiger partial charge in [0.25, 0.3) is 11.5 Å². The number of halogens is 5. The van der Waals surface area contributed by atoms with Gasteiger partial charge < -0.3 is 10.4 Å². The molecule has 0 saturated carbocycles. The van der Waals surface area contributed by atoms with Crippen molar-refractivity contribution < 1.29 is 32.3 Å². The molecule has 0 fully saturated rings. The molecule has 1 amide bonds. The fourth-order valence-electron chi connectivity index (χ4n) is 2.16. The Hall–Kier alpha value is -3.21. The molecule has 0 radical (unpaired) electrons. The van der Waals surface area contributed by atoms with Gasteiger partial charge in [-0.15, -0.1) is 0 Å². The maximum atomic E-state index is 12.7. The van der Waals surface area contributed by atoms with Crippen LogP contribution in [0.5, 0.6) is 0 Å². The molecule has 0 aliphatic carbocycles. The van der Waals surface area contributed by atoms with Gasteiger partial charge in [0.15, 0.2) is 5.65 Å². The van der Waals surface area contributed by atoms with E-state index in [4.69, 9.17) is 21.5 Å². The normalized spacial score (nSPS) is 12.1. The minimum absolute atomic E-state index is 0.372. The zero-order valence-corrected chi connectivity index (χ0v) is 15.4. The molecule has 0 aliphatic rings. The van der Waals surface area contributed by atoms with E-state index in [0.717, 1.165) is 16.8 Å². The number of aromatic nitrogens is 3. The third-order valence-electron chi connectivity index (χ3n) is 3.42. The van der Waals surface area contributed by atoms with Crippen molar-refractivity contribution in [2.45, 2.75) is 18.7 Å². The quantitative estimate of drug-likeness (QED) is 0.484. The lowest BCUT2D eigenvalue weighted by Gasteiger charge is -2.05. The highest BCUT2D eigenvalue weighted by molar-refractivity contribution is 6.31. The Labute approximate surface area is 165 Å². The van der Waals surface area contributed by atoms with Gasteiger partial charge in [0.2, 0.25) is 0 Å². The molecule has 3 aromatic rings. The molecule has 1 aromatic carbocycles. The number of hydrogen-bond acceptors (Lipinski definition) is 4. The number of hydrogen-bond donors (Lipinski definition) is 2. The van der Waals surface area contributed by atoms with E-state index >= 15 is 0 Å². The number of pyridine rings is 1. The Morgan fingerprint density at radius 2 is 1.83 bits per heavy atom. The van der Waals surface area contributed by atoms with Gasteiger partial charge in [-0.1, -0.05) is 29.8 Å². The van der Waals surface area contributed by atoms with Crippen molar-refractivity contribution in [2.75, 3.05) is 5.32 Å². The summed E-state index contributed by atoms with van der Waals surface area (Å²) in [6.07, 6.45) is -3.64. The number of nitrogens with zero attached hydrogens (tertiary/aromatic N) is 3. The number of aliphatic carboxylic acids is 1. The van der Waals surface area contributed by atoms with Crippen LogP contribution in [0.2, 0.25) is 0 Å². The van der Waals surface area contributed by atoms with Crippen LogP contribution in [0.25, 0.3) is 16.7 Å². The van der Waals surface area contributed by atoms with Crippen LogP contribution < -0.4 is 5.32 Å². The zero-order valence-electron chi connectivity index (χ0n) is 14.6. The van der Waals surface area contributed by atoms with Crippen LogP contribution in [0.4, 0.5) is 23.2 Å². The second-order valence-corrected chi connectivity index (χ2v) is 5.90. The monoisotopic (exact) mass is 432 g/mol. The molecule has 2 aromatic heterocycles. The topological polar surface area (TPSA) is 97.1 Å². The molecule has 154 valence electrons. The summed E-state index contributed by atoms with van der Waals surface area (Å²) in [7, 11) is 0. The van der Waals surface area contributed by atoms with E-state index in [1.54, 1.807) is 10.7 Å². The maximum absolute atomic E-state index is 12.7. The van der Waals surface area contributed by atoms with Gasteiger partial charge in [-0.05, 0) is 25.1 Å². The lowest BCUT2D eigenvalue weighted by molar-refractivity contribution is -0.192. The standard InChI is InChI=1S/C15H12ClFN4O.C2HF3O2/c1-9-12-7-10(19-15(22)13(16)17)8-18-14(12)21(20-9)11-5-3-2-4-6-11;3-2(4,5)1(6)7/h2-8,13H,1H3,(H,19,22);(H,6,7). The molecule has 2 N–H and O–H groups in total. The molecule has 3 rings (SSSR count). The van der Waals surface area contributed by atoms with E-state index in [-0.39, 0.29) is 0 Å². The van der Waals surface area contributed by atoms with E-state index in [0.29, 0.717) is 11.3 Å². The summed E-state index contributed by atoms with van der Waals surface area (Å²) in [4.78, 5) is 24.5. The first-order valence-corrected chi connectivity index (χ1v) is 8.24. The lowest BCUT2D eigenvalue weighted by atomic mass is 10.2. The van der Waals surface area contributed by atoms with E-state index in [1.165, 1.54) is 6.20 Å². The first-order valence-electron chi connectivity index (χ1n) is 7.80. The number of carbonyl (C=O) groups is 2. The Morgan fingerprint density at radius 3 is 2.34 bits per heavy atom. The minimum Gasteiger partial charge on any atom is -0.475 e. The summed E-state index contributed by atoms with van der Waals surface area (Å²) in [6.45, 7) is 1.84. The Balaban J connectivity index is 0.000000370. The van der Waals surface area contributed by atoms with Crippen LogP contribution in [0.1, 0.15) is 5.69 Å². The van der Waals surface area contributed by atoms with Crippen molar-refractivity contribution in [2.24, 2.45) is 0 Å². The fourth-order valence-corrected chi connectivity index (χ4v) is 2.21. The molecule has 29 heavy (non-hydrogen) atoms.